The Morgan fingerprint density at radius 1 is 1.31 bits per heavy atom. The molecule has 0 saturated heterocycles. The molecule has 0 bridgehead atoms. The first-order chi connectivity index (χ1) is 7.59. The number of benzene rings is 1. The maximum atomic E-state index is 11.5. The van der Waals surface area contributed by atoms with Gasteiger partial charge in [0.25, 0.3) is 5.91 Å². The molecule has 4 heteroatoms. The van der Waals surface area contributed by atoms with Gasteiger partial charge in [-0.3, -0.25) is 9.59 Å². The number of hydrogen-bond donors (Lipinski definition) is 1. The fraction of sp³-hybridized carbons (Fsp3) is 0.333. The van der Waals surface area contributed by atoms with Gasteiger partial charge in [0, 0.05) is 13.5 Å². The Balaban J connectivity index is 2.38. The smallest absolute Gasteiger partial charge is 0.303 e. The molecular weight excluding hydrogens is 206 g/mol. The molecule has 4 nitrogen and oxygen atoms in total. The number of rotatable bonds is 4. The quantitative estimate of drug-likeness (QED) is 0.778. The van der Waals surface area contributed by atoms with Gasteiger partial charge in [-0.05, 0) is 12.5 Å². The van der Waals surface area contributed by atoms with Crippen molar-refractivity contribution < 1.29 is 14.3 Å². The standard InChI is InChI=1S/C12H15NO3/c1-9(16-10(2)14)12(15)13-8-11-6-4-3-5-7-11/h3-7,9H,8H2,1-2H3,(H,13,15)/t9-/m0/s1. The lowest BCUT2D eigenvalue weighted by atomic mass is 10.2. The predicted octanol–water partition coefficient (Wildman–Crippen LogP) is 1.25. The van der Waals surface area contributed by atoms with Gasteiger partial charge in [0.05, 0.1) is 0 Å². The number of amides is 1. The second kappa shape index (κ2) is 5.90. The van der Waals surface area contributed by atoms with E-state index in [1.54, 1.807) is 6.92 Å². The molecule has 1 aromatic carbocycles. The largest absolute Gasteiger partial charge is 0.453 e. The second-order valence-electron chi connectivity index (χ2n) is 3.46. The fourth-order valence-corrected chi connectivity index (χ4v) is 1.23. The van der Waals surface area contributed by atoms with E-state index in [1.165, 1.54) is 6.92 Å². The Morgan fingerprint density at radius 2 is 1.94 bits per heavy atom. The summed E-state index contributed by atoms with van der Waals surface area (Å²) in [6, 6.07) is 9.54. The number of hydrogen-bond acceptors (Lipinski definition) is 3. The Hall–Kier alpha value is -1.84. The van der Waals surface area contributed by atoms with E-state index in [1.807, 2.05) is 30.3 Å². The minimum absolute atomic E-state index is 0.293. The number of nitrogens with one attached hydrogen (secondary N) is 1. The highest BCUT2D eigenvalue weighted by Gasteiger charge is 2.14. The minimum atomic E-state index is -0.749. The third-order valence-electron chi connectivity index (χ3n) is 2.02. The maximum Gasteiger partial charge on any atom is 0.303 e. The molecular formula is C12H15NO3. The van der Waals surface area contributed by atoms with Gasteiger partial charge < -0.3 is 10.1 Å². The zero-order chi connectivity index (χ0) is 12.0. The molecule has 0 heterocycles. The van der Waals surface area contributed by atoms with Crippen LogP contribution in [0.3, 0.4) is 0 Å². The molecule has 0 aromatic heterocycles. The lowest BCUT2D eigenvalue weighted by Gasteiger charge is -2.11. The SMILES string of the molecule is CC(=O)O[C@@H](C)C(=O)NCc1ccccc1. The summed E-state index contributed by atoms with van der Waals surface area (Å²) in [6.45, 7) is 3.26. The van der Waals surface area contributed by atoms with Crippen LogP contribution < -0.4 is 5.32 Å². The molecule has 1 rings (SSSR count). The van der Waals surface area contributed by atoms with Crippen molar-refractivity contribution in [1.29, 1.82) is 0 Å². The van der Waals surface area contributed by atoms with Gasteiger partial charge >= 0.3 is 5.97 Å². The molecule has 0 aliphatic rings. The highest BCUT2D eigenvalue weighted by molar-refractivity contribution is 5.82. The van der Waals surface area contributed by atoms with E-state index < -0.39 is 12.1 Å². The average molecular weight is 221 g/mol. The number of carbonyl (C=O) groups is 2. The summed E-state index contributed by atoms with van der Waals surface area (Å²) >= 11 is 0. The summed E-state index contributed by atoms with van der Waals surface area (Å²) in [7, 11) is 0. The van der Waals surface area contributed by atoms with Gasteiger partial charge in [0.1, 0.15) is 0 Å². The monoisotopic (exact) mass is 221 g/mol. The van der Waals surface area contributed by atoms with Crippen molar-refractivity contribution in [2.24, 2.45) is 0 Å². The average Bonchev–Trinajstić information content (AvgIpc) is 2.26. The molecule has 0 aliphatic carbocycles. The van der Waals surface area contributed by atoms with Crippen molar-refractivity contribution >= 4 is 11.9 Å². The number of carbonyl (C=O) groups excluding carboxylic acids is 2. The predicted molar refractivity (Wildman–Crippen MR) is 59.5 cm³/mol. The van der Waals surface area contributed by atoms with Crippen LogP contribution >= 0.6 is 0 Å². The first-order valence-corrected chi connectivity index (χ1v) is 5.08. The van der Waals surface area contributed by atoms with Gasteiger partial charge in [0.15, 0.2) is 6.10 Å². The topological polar surface area (TPSA) is 55.4 Å². The van der Waals surface area contributed by atoms with Crippen LogP contribution in [0.25, 0.3) is 0 Å². The summed E-state index contributed by atoms with van der Waals surface area (Å²) in [5.74, 6) is -0.749. The Labute approximate surface area is 94.6 Å². The van der Waals surface area contributed by atoms with Crippen LogP contribution in [-0.2, 0) is 20.9 Å². The number of esters is 1. The lowest BCUT2D eigenvalue weighted by molar-refractivity contribution is -0.152. The van der Waals surface area contributed by atoms with E-state index >= 15 is 0 Å². The van der Waals surface area contributed by atoms with Crippen molar-refractivity contribution in [1.82, 2.24) is 5.32 Å². The van der Waals surface area contributed by atoms with Gasteiger partial charge in [-0.15, -0.1) is 0 Å². The van der Waals surface area contributed by atoms with Gasteiger partial charge in [-0.25, -0.2) is 0 Å². The molecule has 0 spiro atoms. The molecule has 1 N–H and O–H groups in total. The third kappa shape index (κ3) is 4.13. The molecule has 16 heavy (non-hydrogen) atoms. The van der Waals surface area contributed by atoms with E-state index in [0.29, 0.717) is 6.54 Å². The van der Waals surface area contributed by atoms with Crippen molar-refractivity contribution in [3.8, 4) is 0 Å². The fourth-order valence-electron chi connectivity index (χ4n) is 1.23. The van der Waals surface area contributed by atoms with Crippen molar-refractivity contribution in [3.63, 3.8) is 0 Å². The third-order valence-corrected chi connectivity index (χ3v) is 2.02. The molecule has 0 fully saturated rings. The Bertz CT molecular complexity index is 362. The highest BCUT2D eigenvalue weighted by Crippen LogP contribution is 1.98. The van der Waals surface area contributed by atoms with Crippen LogP contribution in [0.15, 0.2) is 30.3 Å². The zero-order valence-corrected chi connectivity index (χ0v) is 9.40. The van der Waals surface area contributed by atoms with Crippen LogP contribution in [-0.4, -0.2) is 18.0 Å². The Kier molecular flexibility index (Phi) is 4.51. The first kappa shape index (κ1) is 12.2. The van der Waals surface area contributed by atoms with Crippen molar-refractivity contribution in [2.75, 3.05) is 0 Å². The van der Waals surface area contributed by atoms with Gasteiger partial charge in [-0.1, -0.05) is 30.3 Å². The molecule has 1 amide bonds. The summed E-state index contributed by atoms with van der Waals surface area (Å²) in [6.07, 6.45) is -0.749. The number of ether oxygens (including phenoxy) is 1. The molecule has 86 valence electrons. The van der Waals surface area contributed by atoms with Gasteiger partial charge in [0.2, 0.25) is 0 Å². The summed E-state index contributed by atoms with van der Waals surface area (Å²) in [5.41, 5.74) is 1.01. The normalized spacial score (nSPS) is 11.6. The molecule has 0 radical (unpaired) electrons. The van der Waals surface area contributed by atoms with Crippen LogP contribution in [0.1, 0.15) is 19.4 Å². The van der Waals surface area contributed by atoms with E-state index in [4.69, 9.17) is 4.74 Å². The van der Waals surface area contributed by atoms with Crippen LogP contribution in [0.4, 0.5) is 0 Å². The second-order valence-corrected chi connectivity index (χ2v) is 3.46. The molecule has 0 unspecified atom stereocenters. The van der Waals surface area contributed by atoms with Crippen molar-refractivity contribution in [2.45, 2.75) is 26.5 Å². The molecule has 1 aromatic rings. The van der Waals surface area contributed by atoms with E-state index in [9.17, 15) is 9.59 Å². The van der Waals surface area contributed by atoms with E-state index in [2.05, 4.69) is 5.32 Å². The van der Waals surface area contributed by atoms with Crippen LogP contribution in [0.5, 0.6) is 0 Å². The highest BCUT2D eigenvalue weighted by atomic mass is 16.5. The minimum Gasteiger partial charge on any atom is -0.453 e. The van der Waals surface area contributed by atoms with Crippen molar-refractivity contribution in [3.05, 3.63) is 35.9 Å². The molecule has 0 aliphatic heterocycles. The summed E-state index contributed by atoms with van der Waals surface area (Å²) in [5, 5.41) is 2.69. The van der Waals surface area contributed by atoms with E-state index in [0.717, 1.165) is 5.56 Å². The first-order valence-electron chi connectivity index (χ1n) is 5.08. The maximum absolute atomic E-state index is 11.5. The molecule has 1 atom stereocenters. The Morgan fingerprint density at radius 3 is 2.50 bits per heavy atom. The van der Waals surface area contributed by atoms with Gasteiger partial charge in [-0.2, -0.15) is 0 Å². The summed E-state index contributed by atoms with van der Waals surface area (Å²) < 4.78 is 4.75. The van der Waals surface area contributed by atoms with Crippen LogP contribution in [0, 0.1) is 0 Å². The van der Waals surface area contributed by atoms with E-state index in [-0.39, 0.29) is 5.91 Å². The molecule has 0 saturated carbocycles. The lowest BCUT2D eigenvalue weighted by Crippen LogP contribution is -2.34. The van der Waals surface area contributed by atoms with Crippen LogP contribution in [0.2, 0.25) is 0 Å². The zero-order valence-electron chi connectivity index (χ0n) is 9.40. The summed E-state index contributed by atoms with van der Waals surface area (Å²) in [4.78, 5) is 22.1.